The van der Waals surface area contributed by atoms with E-state index in [2.05, 4.69) is 65.6 Å². The van der Waals surface area contributed by atoms with Crippen molar-refractivity contribution in [3.8, 4) is 0 Å². The lowest BCUT2D eigenvalue weighted by Gasteiger charge is -2.29. The molecule has 0 spiro atoms. The summed E-state index contributed by atoms with van der Waals surface area (Å²) in [6, 6.07) is 22.1. The topological polar surface area (TPSA) is 23.5 Å². The molecular weight excluding hydrogens is 294 g/mol. The van der Waals surface area contributed by atoms with E-state index < -0.39 is 0 Å². The fraction of sp³-hybridized carbons (Fsp3) is 0.455. The van der Waals surface area contributed by atoms with Gasteiger partial charge in [0.25, 0.3) is 0 Å². The van der Waals surface area contributed by atoms with Gasteiger partial charge < -0.3 is 5.11 Å². The lowest BCUT2D eigenvalue weighted by atomic mass is 9.81. The number of benzene rings is 2. The summed E-state index contributed by atoms with van der Waals surface area (Å²) in [5.74, 6) is 0.826. The standard InChI is InChI=1S/C22H27NO/c24-21-14-8-7-13-20-22(21)19(18-11-5-2-6-12-18)16-23(20)15-17-9-3-1-4-10-17/h1-6,9-12,19-22,24H,7-8,13-16H2/t19-,20+,21-,22-/m1/s1. The molecule has 126 valence electrons. The molecule has 0 bridgehead atoms. The van der Waals surface area contributed by atoms with Crippen LogP contribution in [0, 0.1) is 5.92 Å². The van der Waals surface area contributed by atoms with E-state index in [9.17, 15) is 5.11 Å². The number of likely N-dealkylation sites (tertiary alicyclic amines) is 1. The Labute approximate surface area is 145 Å². The molecule has 1 N–H and O–H groups in total. The predicted molar refractivity (Wildman–Crippen MR) is 97.8 cm³/mol. The smallest absolute Gasteiger partial charge is 0.0589 e. The third-order valence-electron chi connectivity index (χ3n) is 5.96. The number of nitrogens with zero attached hydrogens (tertiary/aromatic N) is 1. The van der Waals surface area contributed by atoms with Crippen molar-refractivity contribution in [2.45, 2.75) is 50.3 Å². The van der Waals surface area contributed by atoms with Gasteiger partial charge in [0, 0.05) is 31.0 Å². The van der Waals surface area contributed by atoms with Crippen molar-refractivity contribution in [1.29, 1.82) is 0 Å². The van der Waals surface area contributed by atoms with E-state index in [4.69, 9.17) is 0 Å². The molecule has 1 aliphatic carbocycles. The average Bonchev–Trinajstić information content (AvgIpc) is 2.87. The zero-order valence-corrected chi connectivity index (χ0v) is 14.2. The first-order chi connectivity index (χ1) is 11.8. The number of aliphatic hydroxyl groups excluding tert-OH is 1. The molecule has 2 nitrogen and oxygen atoms in total. The molecule has 0 aromatic heterocycles. The highest BCUT2D eigenvalue weighted by molar-refractivity contribution is 5.25. The van der Waals surface area contributed by atoms with Crippen LogP contribution in [-0.4, -0.2) is 28.7 Å². The normalized spacial score (nSPS) is 30.7. The van der Waals surface area contributed by atoms with Gasteiger partial charge in [-0.3, -0.25) is 4.90 Å². The van der Waals surface area contributed by atoms with Crippen LogP contribution in [-0.2, 0) is 6.54 Å². The Bertz CT molecular complexity index is 642. The summed E-state index contributed by atoms with van der Waals surface area (Å²) in [7, 11) is 0. The summed E-state index contributed by atoms with van der Waals surface area (Å²) in [5.41, 5.74) is 2.77. The number of rotatable bonds is 3. The van der Waals surface area contributed by atoms with Crippen molar-refractivity contribution in [3.05, 3.63) is 71.8 Å². The first-order valence-electron chi connectivity index (χ1n) is 9.34. The lowest BCUT2D eigenvalue weighted by Crippen LogP contribution is -2.36. The maximum atomic E-state index is 10.8. The van der Waals surface area contributed by atoms with Gasteiger partial charge in [-0.1, -0.05) is 73.5 Å². The largest absolute Gasteiger partial charge is 0.393 e. The fourth-order valence-corrected chi connectivity index (χ4v) is 4.85. The highest BCUT2D eigenvalue weighted by atomic mass is 16.3. The molecule has 0 radical (unpaired) electrons. The molecule has 2 aromatic rings. The number of fused-ring (bicyclic) bond motifs is 1. The van der Waals surface area contributed by atoms with Crippen LogP contribution >= 0.6 is 0 Å². The van der Waals surface area contributed by atoms with Crippen LogP contribution in [0.25, 0.3) is 0 Å². The number of aliphatic hydroxyl groups is 1. The molecule has 1 saturated heterocycles. The molecule has 2 heteroatoms. The highest BCUT2D eigenvalue weighted by Gasteiger charge is 2.46. The Morgan fingerprint density at radius 1 is 0.875 bits per heavy atom. The van der Waals surface area contributed by atoms with E-state index in [1.165, 1.54) is 24.0 Å². The molecule has 2 aliphatic rings. The third-order valence-corrected chi connectivity index (χ3v) is 5.96. The first kappa shape index (κ1) is 15.9. The van der Waals surface area contributed by atoms with Crippen molar-refractivity contribution in [2.24, 2.45) is 5.92 Å². The molecule has 2 aromatic carbocycles. The Hall–Kier alpha value is -1.64. The van der Waals surface area contributed by atoms with Crippen molar-refractivity contribution >= 4 is 0 Å². The molecule has 2 fully saturated rings. The maximum Gasteiger partial charge on any atom is 0.0589 e. The monoisotopic (exact) mass is 321 g/mol. The van der Waals surface area contributed by atoms with Crippen LogP contribution < -0.4 is 0 Å². The van der Waals surface area contributed by atoms with E-state index >= 15 is 0 Å². The zero-order chi connectivity index (χ0) is 16.4. The van der Waals surface area contributed by atoms with Gasteiger partial charge in [0.1, 0.15) is 0 Å². The van der Waals surface area contributed by atoms with Gasteiger partial charge in [0.15, 0.2) is 0 Å². The van der Waals surface area contributed by atoms with Crippen LogP contribution in [0.15, 0.2) is 60.7 Å². The van der Waals surface area contributed by atoms with Crippen LogP contribution in [0.2, 0.25) is 0 Å². The lowest BCUT2D eigenvalue weighted by molar-refractivity contribution is 0.0754. The third kappa shape index (κ3) is 3.13. The van der Waals surface area contributed by atoms with Gasteiger partial charge >= 0.3 is 0 Å². The minimum atomic E-state index is -0.163. The molecule has 1 saturated carbocycles. The van der Waals surface area contributed by atoms with Crippen molar-refractivity contribution < 1.29 is 5.11 Å². The molecule has 1 heterocycles. The summed E-state index contributed by atoms with van der Waals surface area (Å²) in [4.78, 5) is 2.63. The summed E-state index contributed by atoms with van der Waals surface area (Å²) >= 11 is 0. The Balaban J connectivity index is 1.63. The van der Waals surface area contributed by atoms with Crippen LogP contribution in [0.5, 0.6) is 0 Å². The second-order valence-corrected chi connectivity index (χ2v) is 7.43. The number of hydrogen-bond acceptors (Lipinski definition) is 2. The van der Waals surface area contributed by atoms with Gasteiger partial charge in [-0.05, 0) is 24.0 Å². The second-order valence-electron chi connectivity index (χ2n) is 7.43. The van der Waals surface area contributed by atoms with Crippen LogP contribution in [0.4, 0.5) is 0 Å². The van der Waals surface area contributed by atoms with Crippen molar-refractivity contribution in [1.82, 2.24) is 4.90 Å². The van der Waals surface area contributed by atoms with Crippen molar-refractivity contribution in [2.75, 3.05) is 6.54 Å². The molecule has 0 amide bonds. The Morgan fingerprint density at radius 2 is 1.54 bits per heavy atom. The van der Waals surface area contributed by atoms with E-state index in [1.807, 2.05) is 0 Å². The van der Waals surface area contributed by atoms with Gasteiger partial charge in [0.2, 0.25) is 0 Å². The molecule has 4 rings (SSSR count). The quantitative estimate of drug-likeness (QED) is 0.915. The summed E-state index contributed by atoms with van der Waals surface area (Å²) in [6.45, 7) is 2.06. The molecule has 1 aliphatic heterocycles. The minimum Gasteiger partial charge on any atom is -0.393 e. The second kappa shape index (κ2) is 7.08. The van der Waals surface area contributed by atoms with E-state index in [0.717, 1.165) is 25.9 Å². The minimum absolute atomic E-state index is 0.163. The Morgan fingerprint density at radius 3 is 2.29 bits per heavy atom. The summed E-state index contributed by atoms with van der Waals surface area (Å²) < 4.78 is 0. The summed E-state index contributed by atoms with van der Waals surface area (Å²) in [6.07, 6.45) is 4.42. The predicted octanol–water partition coefficient (Wildman–Crippen LogP) is 4.21. The van der Waals surface area contributed by atoms with Gasteiger partial charge in [-0.2, -0.15) is 0 Å². The van der Waals surface area contributed by atoms with Crippen LogP contribution in [0.3, 0.4) is 0 Å². The van der Waals surface area contributed by atoms with Gasteiger partial charge in [-0.15, -0.1) is 0 Å². The SMILES string of the molecule is O[C@@H]1CCCC[C@H]2[C@H]1[C@@H](c1ccccc1)CN2Cc1ccccc1. The van der Waals surface area contributed by atoms with Crippen LogP contribution in [0.1, 0.15) is 42.7 Å². The van der Waals surface area contributed by atoms with Crippen molar-refractivity contribution in [3.63, 3.8) is 0 Å². The molecule has 0 unspecified atom stereocenters. The van der Waals surface area contributed by atoms with Gasteiger partial charge in [0.05, 0.1) is 6.10 Å². The molecule has 24 heavy (non-hydrogen) atoms. The number of hydrogen-bond donors (Lipinski definition) is 1. The van der Waals surface area contributed by atoms with Gasteiger partial charge in [-0.25, -0.2) is 0 Å². The van der Waals surface area contributed by atoms with E-state index in [-0.39, 0.29) is 6.10 Å². The first-order valence-corrected chi connectivity index (χ1v) is 9.34. The maximum absolute atomic E-state index is 10.8. The fourth-order valence-electron chi connectivity index (χ4n) is 4.85. The Kier molecular flexibility index (Phi) is 4.68. The zero-order valence-electron chi connectivity index (χ0n) is 14.2. The average molecular weight is 321 g/mol. The van der Waals surface area contributed by atoms with E-state index in [0.29, 0.717) is 17.9 Å². The molecule has 4 atom stereocenters. The summed E-state index contributed by atoms with van der Waals surface area (Å²) in [5, 5.41) is 10.8. The highest BCUT2D eigenvalue weighted by Crippen LogP contribution is 2.44. The molecular formula is C22H27NO. The van der Waals surface area contributed by atoms with E-state index in [1.54, 1.807) is 0 Å².